The highest BCUT2D eigenvalue weighted by Gasteiger charge is 2.26. The molecule has 1 aromatic heterocycles. The zero-order valence-corrected chi connectivity index (χ0v) is 10.6. The molecule has 0 radical (unpaired) electrons. The number of aryl methyl sites for hydroxylation is 1. The average Bonchev–Trinajstić information content (AvgIpc) is 2.65. The van der Waals surface area contributed by atoms with Gasteiger partial charge in [-0.15, -0.1) is 0 Å². The maximum atomic E-state index is 5.78. The third-order valence-electron chi connectivity index (χ3n) is 3.02. The van der Waals surface area contributed by atoms with Gasteiger partial charge in [0.25, 0.3) is 0 Å². The summed E-state index contributed by atoms with van der Waals surface area (Å²) in [4.78, 5) is 4.44. The minimum Gasteiger partial charge on any atom is -0.377 e. The van der Waals surface area contributed by atoms with E-state index in [4.69, 9.17) is 10.5 Å². The molecular weight excluding hydrogens is 220 g/mol. The summed E-state index contributed by atoms with van der Waals surface area (Å²) in [6, 6.07) is 2.01. The van der Waals surface area contributed by atoms with Gasteiger partial charge in [-0.1, -0.05) is 11.8 Å². The van der Waals surface area contributed by atoms with E-state index in [1.54, 1.807) is 0 Å². The maximum absolute atomic E-state index is 5.78. The third-order valence-corrected chi connectivity index (χ3v) is 4.52. The van der Waals surface area contributed by atoms with Gasteiger partial charge in [0.2, 0.25) is 0 Å². The van der Waals surface area contributed by atoms with Crippen LogP contribution in [0.15, 0.2) is 17.3 Å². The van der Waals surface area contributed by atoms with Crippen molar-refractivity contribution in [2.24, 2.45) is 5.73 Å². The van der Waals surface area contributed by atoms with Crippen LogP contribution in [0.25, 0.3) is 0 Å². The number of hydrogen-bond donors (Lipinski definition) is 1. The van der Waals surface area contributed by atoms with Crippen molar-refractivity contribution in [2.75, 3.05) is 6.61 Å². The molecule has 1 fully saturated rings. The lowest BCUT2D eigenvalue weighted by Crippen LogP contribution is -2.14. The summed E-state index contributed by atoms with van der Waals surface area (Å²) >= 11 is 1.81. The van der Waals surface area contributed by atoms with Gasteiger partial charge in [0.05, 0.1) is 6.10 Å². The Kier molecular flexibility index (Phi) is 3.84. The van der Waals surface area contributed by atoms with E-state index in [0.717, 1.165) is 18.1 Å². The van der Waals surface area contributed by atoms with Gasteiger partial charge >= 0.3 is 0 Å². The van der Waals surface area contributed by atoms with E-state index in [2.05, 4.69) is 18.8 Å². The SMILES string of the molecule is Cc1ccnc(SC2CCOC2C)c1CN. The maximum Gasteiger partial charge on any atom is 0.101 e. The van der Waals surface area contributed by atoms with Crippen molar-refractivity contribution in [3.8, 4) is 0 Å². The fourth-order valence-electron chi connectivity index (χ4n) is 1.92. The second-order valence-electron chi connectivity index (χ2n) is 4.14. The predicted molar refractivity (Wildman–Crippen MR) is 66.5 cm³/mol. The number of pyridine rings is 1. The van der Waals surface area contributed by atoms with Gasteiger partial charge in [0, 0.05) is 30.2 Å². The van der Waals surface area contributed by atoms with Gasteiger partial charge in [-0.3, -0.25) is 0 Å². The van der Waals surface area contributed by atoms with Crippen LogP contribution < -0.4 is 5.73 Å². The summed E-state index contributed by atoms with van der Waals surface area (Å²) in [7, 11) is 0. The first-order chi connectivity index (χ1) is 7.72. The van der Waals surface area contributed by atoms with Crippen LogP contribution in [0.3, 0.4) is 0 Å². The Bertz CT molecular complexity index is 370. The van der Waals surface area contributed by atoms with E-state index in [9.17, 15) is 0 Å². The number of ether oxygens (including phenoxy) is 1. The number of nitrogens with zero attached hydrogens (tertiary/aromatic N) is 1. The van der Waals surface area contributed by atoms with Crippen molar-refractivity contribution in [2.45, 2.75) is 43.2 Å². The van der Waals surface area contributed by atoms with Crippen LogP contribution in [0.1, 0.15) is 24.5 Å². The normalized spacial score (nSPS) is 24.9. The first kappa shape index (κ1) is 11.9. The first-order valence-electron chi connectivity index (χ1n) is 5.65. The zero-order chi connectivity index (χ0) is 11.5. The van der Waals surface area contributed by atoms with Crippen LogP contribution in [0.4, 0.5) is 0 Å². The number of rotatable bonds is 3. The van der Waals surface area contributed by atoms with Gasteiger partial charge in [0.15, 0.2) is 0 Å². The molecule has 2 heterocycles. The summed E-state index contributed by atoms with van der Waals surface area (Å²) in [5, 5.41) is 1.59. The minimum atomic E-state index is 0.318. The Morgan fingerprint density at radius 2 is 2.44 bits per heavy atom. The Balaban J connectivity index is 2.17. The number of thioether (sulfide) groups is 1. The molecule has 0 spiro atoms. The van der Waals surface area contributed by atoms with E-state index >= 15 is 0 Å². The van der Waals surface area contributed by atoms with Crippen molar-refractivity contribution >= 4 is 11.8 Å². The molecule has 1 saturated heterocycles. The topological polar surface area (TPSA) is 48.1 Å². The Morgan fingerprint density at radius 3 is 3.06 bits per heavy atom. The standard InChI is InChI=1S/C12H18N2OS/c1-8-3-5-14-12(10(8)7-13)16-11-4-6-15-9(11)2/h3,5,9,11H,4,6-7,13H2,1-2H3. The molecule has 4 heteroatoms. The van der Waals surface area contributed by atoms with E-state index < -0.39 is 0 Å². The lowest BCUT2D eigenvalue weighted by molar-refractivity contribution is 0.127. The monoisotopic (exact) mass is 238 g/mol. The van der Waals surface area contributed by atoms with Gasteiger partial charge in [-0.25, -0.2) is 4.98 Å². The van der Waals surface area contributed by atoms with Gasteiger partial charge in [0.1, 0.15) is 5.03 Å². The van der Waals surface area contributed by atoms with Crippen LogP contribution in [0, 0.1) is 6.92 Å². The number of aromatic nitrogens is 1. The van der Waals surface area contributed by atoms with Crippen molar-refractivity contribution in [3.05, 3.63) is 23.4 Å². The molecule has 3 nitrogen and oxygen atoms in total. The van der Waals surface area contributed by atoms with Crippen LogP contribution in [-0.2, 0) is 11.3 Å². The van der Waals surface area contributed by atoms with E-state index in [-0.39, 0.29) is 0 Å². The smallest absolute Gasteiger partial charge is 0.101 e. The Hall–Kier alpha value is -0.580. The molecule has 2 atom stereocenters. The van der Waals surface area contributed by atoms with Crippen molar-refractivity contribution in [1.82, 2.24) is 4.98 Å². The number of hydrogen-bond acceptors (Lipinski definition) is 4. The lowest BCUT2D eigenvalue weighted by Gasteiger charge is -2.15. The van der Waals surface area contributed by atoms with E-state index in [0.29, 0.717) is 17.9 Å². The molecule has 16 heavy (non-hydrogen) atoms. The van der Waals surface area contributed by atoms with Crippen molar-refractivity contribution in [1.29, 1.82) is 0 Å². The van der Waals surface area contributed by atoms with Crippen LogP contribution in [-0.4, -0.2) is 22.9 Å². The molecule has 0 saturated carbocycles. The Labute approximate surface area is 101 Å². The molecule has 1 aliphatic rings. The molecule has 88 valence electrons. The molecule has 0 aromatic carbocycles. The highest BCUT2D eigenvalue weighted by molar-refractivity contribution is 8.00. The molecule has 1 aromatic rings. The Morgan fingerprint density at radius 1 is 1.62 bits per heavy atom. The van der Waals surface area contributed by atoms with Crippen LogP contribution in [0.2, 0.25) is 0 Å². The molecule has 2 N–H and O–H groups in total. The fourth-order valence-corrected chi connectivity index (χ4v) is 3.20. The molecule has 2 rings (SSSR count). The summed E-state index contributed by atoms with van der Waals surface area (Å²) in [5.41, 5.74) is 8.18. The zero-order valence-electron chi connectivity index (χ0n) is 9.77. The van der Waals surface area contributed by atoms with E-state index in [1.807, 2.05) is 24.0 Å². The largest absolute Gasteiger partial charge is 0.377 e. The molecule has 2 unspecified atom stereocenters. The van der Waals surface area contributed by atoms with Crippen LogP contribution in [0.5, 0.6) is 0 Å². The van der Waals surface area contributed by atoms with Gasteiger partial charge < -0.3 is 10.5 Å². The molecule has 0 aliphatic carbocycles. The quantitative estimate of drug-likeness (QED) is 0.876. The van der Waals surface area contributed by atoms with Crippen molar-refractivity contribution in [3.63, 3.8) is 0 Å². The first-order valence-corrected chi connectivity index (χ1v) is 6.53. The molecular formula is C12H18N2OS. The second-order valence-corrected chi connectivity index (χ2v) is 5.36. The lowest BCUT2D eigenvalue weighted by atomic mass is 10.2. The molecule has 1 aliphatic heterocycles. The minimum absolute atomic E-state index is 0.318. The molecule has 0 bridgehead atoms. The van der Waals surface area contributed by atoms with E-state index in [1.165, 1.54) is 11.1 Å². The summed E-state index contributed by atoms with van der Waals surface area (Å²) in [6.45, 7) is 5.64. The third kappa shape index (κ3) is 2.39. The number of nitrogens with two attached hydrogens (primary N) is 1. The average molecular weight is 238 g/mol. The highest BCUT2D eigenvalue weighted by atomic mass is 32.2. The predicted octanol–water partition coefficient (Wildman–Crippen LogP) is 2.12. The van der Waals surface area contributed by atoms with Gasteiger partial charge in [-0.2, -0.15) is 0 Å². The summed E-state index contributed by atoms with van der Waals surface area (Å²) in [6.07, 6.45) is 3.28. The summed E-state index contributed by atoms with van der Waals surface area (Å²) < 4.78 is 5.56. The van der Waals surface area contributed by atoms with Crippen LogP contribution >= 0.6 is 11.8 Å². The fraction of sp³-hybridized carbons (Fsp3) is 0.583. The highest BCUT2D eigenvalue weighted by Crippen LogP contribution is 2.33. The van der Waals surface area contributed by atoms with Crippen molar-refractivity contribution < 1.29 is 4.74 Å². The van der Waals surface area contributed by atoms with Gasteiger partial charge in [-0.05, 0) is 31.9 Å². The second kappa shape index (κ2) is 5.17. The summed E-state index contributed by atoms with van der Waals surface area (Å²) in [5.74, 6) is 0. The molecule has 0 amide bonds.